The maximum atomic E-state index is 12.9. The van der Waals surface area contributed by atoms with Crippen molar-refractivity contribution in [1.82, 2.24) is 5.32 Å². The summed E-state index contributed by atoms with van der Waals surface area (Å²) in [6, 6.07) is 9.70. The fraction of sp³-hybridized carbons (Fsp3) is 0.333. The molecule has 2 aromatic carbocycles. The minimum absolute atomic E-state index is 0.185. The van der Waals surface area contributed by atoms with Crippen molar-refractivity contribution < 1.29 is 9.59 Å². The zero-order valence-electron chi connectivity index (χ0n) is 15.7. The van der Waals surface area contributed by atoms with Crippen LogP contribution in [-0.2, 0) is 4.79 Å². The van der Waals surface area contributed by atoms with Gasteiger partial charge in [0.15, 0.2) is 0 Å². The molecule has 0 saturated heterocycles. The van der Waals surface area contributed by atoms with Crippen LogP contribution in [0.2, 0.25) is 15.1 Å². The van der Waals surface area contributed by atoms with Crippen LogP contribution in [0.15, 0.2) is 36.4 Å². The number of rotatable bonds is 5. The molecule has 0 heterocycles. The number of nitrogens with one attached hydrogen (secondary N) is 2. The number of anilines is 1. The van der Waals surface area contributed by atoms with E-state index in [1.54, 1.807) is 36.4 Å². The van der Waals surface area contributed by atoms with Crippen molar-refractivity contribution in [2.75, 3.05) is 5.32 Å². The first-order chi connectivity index (χ1) is 14.0. The summed E-state index contributed by atoms with van der Waals surface area (Å²) in [5.74, 6) is -1.81. The van der Waals surface area contributed by atoms with Crippen LogP contribution >= 0.6 is 58.0 Å². The van der Waals surface area contributed by atoms with Crippen molar-refractivity contribution in [3.8, 4) is 0 Å². The highest BCUT2D eigenvalue weighted by Gasteiger charge is 2.67. The van der Waals surface area contributed by atoms with Gasteiger partial charge >= 0.3 is 0 Å². The van der Waals surface area contributed by atoms with Gasteiger partial charge in [-0.2, -0.15) is 0 Å². The smallest absolute Gasteiger partial charge is 0.253 e. The second-order valence-corrected chi connectivity index (χ2v) is 10.8. The van der Waals surface area contributed by atoms with Crippen LogP contribution in [0.3, 0.4) is 0 Å². The summed E-state index contributed by atoms with van der Waals surface area (Å²) in [5.41, 5.74) is 1.22. The predicted octanol–water partition coefficient (Wildman–Crippen LogP) is 6.46. The Morgan fingerprint density at radius 1 is 1.00 bits per heavy atom. The molecule has 9 heteroatoms. The second-order valence-electron chi connectivity index (χ2n) is 8.03. The Hall–Kier alpha value is -1.17. The monoisotopic (exact) mass is 504 g/mol. The van der Waals surface area contributed by atoms with Crippen molar-refractivity contribution in [3.05, 3.63) is 62.6 Å². The highest BCUT2D eigenvalue weighted by molar-refractivity contribution is 6.53. The van der Waals surface area contributed by atoms with Crippen molar-refractivity contribution in [3.63, 3.8) is 0 Å². The molecule has 4 nitrogen and oxygen atoms in total. The summed E-state index contributed by atoms with van der Waals surface area (Å²) in [7, 11) is 0. The van der Waals surface area contributed by atoms with Crippen molar-refractivity contribution in [2.45, 2.75) is 35.6 Å². The number of benzene rings is 2. The standard InChI is InChI=1S/C21H17Cl5N2O2/c1-20(4-5-20)28-18(29)14-9-13(2-3-15(14)24)27-19(30)17-16(21(17,25)26)10-6-11(22)8-12(23)7-10/h2-3,6-9,16-17H,4-5H2,1H3,(H,27,30)(H,28,29). The Morgan fingerprint density at radius 3 is 2.23 bits per heavy atom. The number of carbonyl (C=O) groups excluding carboxylic acids is 2. The van der Waals surface area contributed by atoms with E-state index in [2.05, 4.69) is 10.6 Å². The van der Waals surface area contributed by atoms with E-state index >= 15 is 0 Å². The number of halogens is 5. The van der Waals surface area contributed by atoms with Crippen LogP contribution in [0.5, 0.6) is 0 Å². The molecule has 2 amide bonds. The van der Waals surface area contributed by atoms with E-state index in [1.807, 2.05) is 6.92 Å². The summed E-state index contributed by atoms with van der Waals surface area (Å²) in [5, 5.41) is 6.90. The first-order valence-corrected chi connectivity index (χ1v) is 11.2. The van der Waals surface area contributed by atoms with Gasteiger partial charge in [-0.15, -0.1) is 23.2 Å². The molecule has 0 bridgehead atoms. The fourth-order valence-electron chi connectivity index (χ4n) is 3.47. The lowest BCUT2D eigenvalue weighted by Crippen LogP contribution is -2.34. The van der Waals surface area contributed by atoms with Gasteiger partial charge in [0.25, 0.3) is 5.91 Å². The average Bonchev–Trinajstić information content (AvgIpc) is 3.50. The summed E-state index contributed by atoms with van der Waals surface area (Å²) >= 11 is 31.1. The topological polar surface area (TPSA) is 58.2 Å². The van der Waals surface area contributed by atoms with Crippen molar-refractivity contribution >= 4 is 75.5 Å². The lowest BCUT2D eigenvalue weighted by Gasteiger charge is -2.13. The first-order valence-electron chi connectivity index (χ1n) is 9.27. The molecule has 0 aliphatic heterocycles. The molecule has 30 heavy (non-hydrogen) atoms. The molecule has 158 valence electrons. The van der Waals surface area contributed by atoms with Gasteiger partial charge in [0.1, 0.15) is 4.33 Å². The van der Waals surface area contributed by atoms with Gasteiger partial charge in [-0.3, -0.25) is 9.59 Å². The summed E-state index contributed by atoms with van der Waals surface area (Å²) < 4.78 is -1.29. The van der Waals surface area contributed by atoms with E-state index in [0.29, 0.717) is 31.9 Å². The highest BCUT2D eigenvalue weighted by atomic mass is 35.5. The van der Waals surface area contributed by atoms with Crippen LogP contribution in [0, 0.1) is 5.92 Å². The van der Waals surface area contributed by atoms with E-state index in [1.165, 1.54) is 0 Å². The minimum atomic E-state index is -1.29. The largest absolute Gasteiger partial charge is 0.347 e. The molecule has 2 aromatic rings. The van der Waals surface area contributed by atoms with Crippen molar-refractivity contribution in [2.24, 2.45) is 5.92 Å². The average molecular weight is 507 g/mol. The van der Waals surface area contributed by atoms with Gasteiger partial charge in [-0.1, -0.05) is 34.8 Å². The van der Waals surface area contributed by atoms with E-state index in [4.69, 9.17) is 58.0 Å². The number of amides is 2. The quantitative estimate of drug-likeness (QED) is 0.458. The number of carbonyl (C=O) groups is 2. The number of hydrogen-bond donors (Lipinski definition) is 2. The molecule has 4 rings (SSSR count). The van der Waals surface area contributed by atoms with Crippen LogP contribution in [0.4, 0.5) is 5.69 Å². The molecule has 0 spiro atoms. The molecule has 2 N–H and O–H groups in total. The normalized spacial score (nSPS) is 22.9. The molecule has 2 atom stereocenters. The number of hydrogen-bond acceptors (Lipinski definition) is 2. The van der Waals surface area contributed by atoms with Crippen LogP contribution in [0.25, 0.3) is 0 Å². The molecule has 2 aliphatic rings. The third-order valence-corrected chi connectivity index (χ3v) is 7.18. The van der Waals surface area contributed by atoms with Gasteiger partial charge in [0.2, 0.25) is 5.91 Å². The lowest BCUT2D eigenvalue weighted by atomic mass is 10.1. The Morgan fingerprint density at radius 2 is 1.63 bits per heavy atom. The molecule has 2 fully saturated rings. The molecular formula is C21H17Cl5N2O2. The van der Waals surface area contributed by atoms with E-state index in [-0.39, 0.29) is 17.4 Å². The third kappa shape index (κ3) is 4.39. The molecule has 2 unspecified atom stereocenters. The lowest BCUT2D eigenvalue weighted by molar-refractivity contribution is -0.117. The molecule has 2 aliphatic carbocycles. The van der Waals surface area contributed by atoms with Crippen LogP contribution in [-0.4, -0.2) is 21.7 Å². The van der Waals surface area contributed by atoms with Crippen LogP contribution in [0.1, 0.15) is 41.6 Å². The fourth-order valence-corrected chi connectivity index (χ4v) is 5.05. The predicted molar refractivity (Wildman–Crippen MR) is 122 cm³/mol. The minimum Gasteiger partial charge on any atom is -0.347 e. The van der Waals surface area contributed by atoms with Crippen LogP contribution < -0.4 is 10.6 Å². The van der Waals surface area contributed by atoms with Gasteiger partial charge in [0, 0.05) is 27.2 Å². The number of alkyl halides is 2. The molecular weight excluding hydrogens is 490 g/mol. The Bertz CT molecular complexity index is 1030. The van der Waals surface area contributed by atoms with Crippen molar-refractivity contribution in [1.29, 1.82) is 0 Å². The van der Waals surface area contributed by atoms with E-state index in [0.717, 1.165) is 12.8 Å². The SMILES string of the molecule is CC1(NC(=O)c2cc(NC(=O)C3C(c4cc(Cl)cc(Cl)c4)C3(Cl)Cl)ccc2Cl)CC1. The Kier molecular flexibility index (Phi) is 5.70. The van der Waals surface area contributed by atoms with Gasteiger partial charge in [0.05, 0.1) is 16.5 Å². The Labute approximate surface area is 199 Å². The maximum Gasteiger partial charge on any atom is 0.253 e. The summed E-state index contributed by atoms with van der Waals surface area (Å²) in [4.78, 5) is 25.4. The highest BCUT2D eigenvalue weighted by Crippen LogP contribution is 2.65. The summed E-state index contributed by atoms with van der Waals surface area (Å²) in [6.07, 6.45) is 1.85. The molecule has 0 radical (unpaired) electrons. The van der Waals surface area contributed by atoms with E-state index in [9.17, 15) is 9.59 Å². The van der Waals surface area contributed by atoms with E-state index < -0.39 is 16.2 Å². The van der Waals surface area contributed by atoms with Gasteiger partial charge in [-0.05, 0) is 61.7 Å². The molecule has 2 saturated carbocycles. The zero-order valence-corrected chi connectivity index (χ0v) is 19.5. The molecule has 0 aromatic heterocycles. The maximum absolute atomic E-state index is 12.9. The first kappa shape index (κ1) is 22.0. The third-order valence-electron chi connectivity index (χ3n) is 5.47. The summed E-state index contributed by atoms with van der Waals surface area (Å²) in [6.45, 7) is 1.97. The van der Waals surface area contributed by atoms with Gasteiger partial charge < -0.3 is 10.6 Å². The van der Waals surface area contributed by atoms with Gasteiger partial charge in [-0.25, -0.2) is 0 Å². The zero-order chi connectivity index (χ0) is 21.8. The Balaban J connectivity index is 1.51. The second kappa shape index (κ2) is 7.75.